The second kappa shape index (κ2) is 5.67. The van der Waals surface area contributed by atoms with Crippen molar-refractivity contribution in [3.63, 3.8) is 0 Å². The summed E-state index contributed by atoms with van der Waals surface area (Å²) in [6, 6.07) is 0.850. The molecule has 1 aliphatic rings. The minimum absolute atomic E-state index is 0.329. The van der Waals surface area contributed by atoms with Crippen LogP contribution in [0.2, 0.25) is 0 Å². The first-order valence-electron chi connectivity index (χ1n) is 7.28. The molecule has 2 aromatic heterocycles. The number of fused-ring (bicyclic) bond motifs is 1. The quantitative estimate of drug-likeness (QED) is 0.815. The smallest absolute Gasteiger partial charge is 0.245 e. The zero-order valence-electron chi connectivity index (χ0n) is 12.6. The molecular formula is C14H20ClN5O. The minimum Gasteiger partial charge on any atom is -0.479 e. The SMILES string of the molecule is COc1ncnc2c1nc(CCl)n2N1C(C)CCCC1C. The van der Waals surface area contributed by atoms with Gasteiger partial charge in [0.15, 0.2) is 11.2 Å². The van der Waals surface area contributed by atoms with Crippen LogP contribution in [-0.4, -0.2) is 38.8 Å². The zero-order chi connectivity index (χ0) is 15.0. The molecule has 0 saturated carbocycles. The Kier molecular flexibility index (Phi) is 3.89. The van der Waals surface area contributed by atoms with Crippen molar-refractivity contribution in [3.05, 3.63) is 12.2 Å². The number of halogens is 1. The Bertz CT molecular complexity index is 634. The van der Waals surface area contributed by atoms with Gasteiger partial charge in [-0.1, -0.05) is 0 Å². The highest BCUT2D eigenvalue weighted by atomic mass is 35.5. The monoisotopic (exact) mass is 309 g/mol. The van der Waals surface area contributed by atoms with Gasteiger partial charge in [-0.15, -0.1) is 11.6 Å². The van der Waals surface area contributed by atoms with Crippen molar-refractivity contribution in [3.8, 4) is 5.88 Å². The topological polar surface area (TPSA) is 56.1 Å². The Labute approximate surface area is 129 Å². The van der Waals surface area contributed by atoms with Crippen molar-refractivity contribution in [2.45, 2.75) is 51.1 Å². The van der Waals surface area contributed by atoms with Gasteiger partial charge in [0.05, 0.1) is 13.0 Å². The molecule has 21 heavy (non-hydrogen) atoms. The lowest BCUT2D eigenvalue weighted by Gasteiger charge is -2.41. The van der Waals surface area contributed by atoms with Crippen molar-refractivity contribution < 1.29 is 4.74 Å². The minimum atomic E-state index is 0.329. The van der Waals surface area contributed by atoms with Gasteiger partial charge in [-0.3, -0.25) is 0 Å². The van der Waals surface area contributed by atoms with E-state index in [0.717, 1.165) is 24.3 Å². The van der Waals surface area contributed by atoms with E-state index in [1.54, 1.807) is 7.11 Å². The van der Waals surface area contributed by atoms with E-state index in [2.05, 4.69) is 38.5 Å². The van der Waals surface area contributed by atoms with E-state index >= 15 is 0 Å². The van der Waals surface area contributed by atoms with Gasteiger partial charge < -0.3 is 9.75 Å². The summed E-state index contributed by atoms with van der Waals surface area (Å²) in [5.74, 6) is 1.60. The lowest BCUT2D eigenvalue weighted by Crippen LogP contribution is -2.51. The molecule has 7 heteroatoms. The van der Waals surface area contributed by atoms with E-state index < -0.39 is 0 Å². The third-order valence-corrected chi connectivity index (χ3v) is 4.39. The lowest BCUT2D eigenvalue weighted by molar-refractivity contribution is 0.336. The predicted molar refractivity (Wildman–Crippen MR) is 82.4 cm³/mol. The summed E-state index contributed by atoms with van der Waals surface area (Å²) in [5.41, 5.74) is 1.43. The molecule has 2 unspecified atom stereocenters. The van der Waals surface area contributed by atoms with Gasteiger partial charge >= 0.3 is 0 Å². The van der Waals surface area contributed by atoms with Crippen molar-refractivity contribution in [2.24, 2.45) is 0 Å². The molecule has 1 aliphatic heterocycles. The van der Waals surface area contributed by atoms with E-state index in [0.29, 0.717) is 29.4 Å². The molecule has 0 N–H and O–H groups in total. The molecular weight excluding hydrogens is 290 g/mol. The maximum Gasteiger partial charge on any atom is 0.245 e. The Morgan fingerprint density at radius 1 is 1.29 bits per heavy atom. The van der Waals surface area contributed by atoms with E-state index in [1.165, 1.54) is 12.7 Å². The van der Waals surface area contributed by atoms with Crippen LogP contribution in [0.15, 0.2) is 6.33 Å². The van der Waals surface area contributed by atoms with Crippen LogP contribution in [0, 0.1) is 0 Å². The molecule has 1 fully saturated rings. The highest BCUT2D eigenvalue weighted by molar-refractivity contribution is 6.16. The number of methoxy groups -OCH3 is 1. The molecule has 2 aromatic rings. The summed E-state index contributed by atoms with van der Waals surface area (Å²) in [6.07, 6.45) is 5.08. The van der Waals surface area contributed by atoms with Gasteiger partial charge in [-0.2, -0.15) is 4.98 Å². The standard InChI is InChI=1S/C14H20ClN5O/c1-9-5-4-6-10(2)19(9)20-11(7-15)18-12-13(20)16-8-17-14(12)21-3/h8-10H,4-7H2,1-3H3. The molecule has 0 aliphatic carbocycles. The number of nitrogens with zero attached hydrogens (tertiary/aromatic N) is 5. The van der Waals surface area contributed by atoms with Crippen LogP contribution >= 0.6 is 11.6 Å². The van der Waals surface area contributed by atoms with Crippen LogP contribution in [0.1, 0.15) is 38.9 Å². The number of alkyl halides is 1. The van der Waals surface area contributed by atoms with Crippen molar-refractivity contribution >= 4 is 22.8 Å². The van der Waals surface area contributed by atoms with Gasteiger partial charge in [0.1, 0.15) is 12.2 Å². The first kappa shape index (κ1) is 14.4. The predicted octanol–water partition coefficient (Wildman–Crippen LogP) is 2.47. The van der Waals surface area contributed by atoms with Gasteiger partial charge in [0.2, 0.25) is 5.88 Å². The molecule has 0 amide bonds. The van der Waals surface area contributed by atoms with Gasteiger partial charge in [0, 0.05) is 12.1 Å². The van der Waals surface area contributed by atoms with E-state index in [1.807, 2.05) is 0 Å². The normalized spacial score (nSPS) is 22.8. The molecule has 0 spiro atoms. The molecule has 0 bridgehead atoms. The number of hydrogen-bond acceptors (Lipinski definition) is 5. The van der Waals surface area contributed by atoms with Crippen molar-refractivity contribution in [1.82, 2.24) is 19.6 Å². The Hall–Kier alpha value is -1.56. The van der Waals surface area contributed by atoms with E-state index in [-0.39, 0.29) is 0 Å². The first-order chi connectivity index (χ1) is 10.2. The van der Waals surface area contributed by atoms with Crippen LogP contribution in [0.3, 0.4) is 0 Å². The van der Waals surface area contributed by atoms with Crippen LogP contribution in [0.25, 0.3) is 11.2 Å². The Morgan fingerprint density at radius 2 is 2.00 bits per heavy atom. The number of hydrogen-bond donors (Lipinski definition) is 0. The zero-order valence-corrected chi connectivity index (χ0v) is 13.3. The fraction of sp³-hybridized carbons (Fsp3) is 0.643. The molecule has 2 atom stereocenters. The second-order valence-corrected chi connectivity index (χ2v) is 5.80. The fourth-order valence-corrected chi connectivity index (χ4v) is 3.36. The molecule has 114 valence electrons. The van der Waals surface area contributed by atoms with Crippen LogP contribution < -0.4 is 9.75 Å². The highest BCUT2D eigenvalue weighted by Crippen LogP contribution is 2.28. The summed E-state index contributed by atoms with van der Waals surface area (Å²) in [7, 11) is 1.59. The molecule has 1 saturated heterocycles. The molecule has 6 nitrogen and oxygen atoms in total. The highest BCUT2D eigenvalue weighted by Gasteiger charge is 2.29. The molecule has 3 heterocycles. The lowest BCUT2D eigenvalue weighted by atomic mass is 10.00. The van der Waals surface area contributed by atoms with Crippen molar-refractivity contribution in [2.75, 3.05) is 12.1 Å². The second-order valence-electron chi connectivity index (χ2n) is 5.54. The maximum atomic E-state index is 6.11. The molecule has 0 aromatic carbocycles. The van der Waals surface area contributed by atoms with Gasteiger partial charge in [-0.25, -0.2) is 14.6 Å². The van der Waals surface area contributed by atoms with Gasteiger partial charge in [-0.05, 0) is 33.1 Å². The third kappa shape index (κ3) is 2.31. The Balaban J connectivity index is 2.20. The van der Waals surface area contributed by atoms with E-state index in [4.69, 9.17) is 16.3 Å². The summed E-state index contributed by atoms with van der Waals surface area (Å²) in [6.45, 7) is 4.47. The van der Waals surface area contributed by atoms with Gasteiger partial charge in [0.25, 0.3) is 0 Å². The number of ether oxygens (including phenoxy) is 1. The van der Waals surface area contributed by atoms with Crippen LogP contribution in [-0.2, 0) is 5.88 Å². The summed E-state index contributed by atoms with van der Waals surface area (Å²) in [4.78, 5) is 13.1. The van der Waals surface area contributed by atoms with Crippen LogP contribution in [0.4, 0.5) is 0 Å². The third-order valence-electron chi connectivity index (χ3n) is 4.15. The largest absolute Gasteiger partial charge is 0.479 e. The molecule has 3 rings (SSSR count). The Morgan fingerprint density at radius 3 is 2.62 bits per heavy atom. The van der Waals surface area contributed by atoms with Crippen LogP contribution in [0.5, 0.6) is 5.88 Å². The average molecular weight is 310 g/mol. The first-order valence-corrected chi connectivity index (χ1v) is 7.81. The molecule has 0 radical (unpaired) electrons. The summed E-state index contributed by atoms with van der Waals surface area (Å²) in [5, 5.41) is 2.34. The number of imidazole rings is 1. The summed E-state index contributed by atoms with van der Waals surface area (Å²) < 4.78 is 7.35. The van der Waals surface area contributed by atoms with E-state index in [9.17, 15) is 0 Å². The average Bonchev–Trinajstić information content (AvgIpc) is 2.86. The fourth-order valence-electron chi connectivity index (χ4n) is 3.19. The van der Waals surface area contributed by atoms with Crippen molar-refractivity contribution in [1.29, 1.82) is 0 Å². The maximum absolute atomic E-state index is 6.11. The number of aromatic nitrogens is 4. The number of piperidine rings is 1. The number of rotatable bonds is 3. The summed E-state index contributed by atoms with van der Waals surface area (Å²) >= 11 is 6.11.